The first-order valence-corrected chi connectivity index (χ1v) is 15.1. The molecule has 3 aliphatic heterocycles. The van der Waals surface area contributed by atoms with E-state index in [4.69, 9.17) is 4.74 Å². The second kappa shape index (κ2) is 11.2. The molecule has 1 spiro atoms. The van der Waals surface area contributed by atoms with Gasteiger partial charge in [-0.2, -0.15) is 5.10 Å². The van der Waals surface area contributed by atoms with Crippen molar-refractivity contribution in [3.63, 3.8) is 0 Å². The van der Waals surface area contributed by atoms with Crippen LogP contribution in [0.3, 0.4) is 0 Å². The van der Waals surface area contributed by atoms with Crippen LogP contribution in [0.1, 0.15) is 51.4 Å². The second-order valence-electron chi connectivity index (χ2n) is 12.7. The summed E-state index contributed by atoms with van der Waals surface area (Å²) < 4.78 is 7.15. The van der Waals surface area contributed by atoms with Gasteiger partial charge in [-0.15, -0.1) is 0 Å². The molecule has 4 fully saturated rings. The fourth-order valence-electron chi connectivity index (χ4n) is 8.06. The third kappa shape index (κ3) is 5.48. The normalized spacial score (nSPS) is 22.6. The standard InChI is InChI=1S/C30H42N6O5/c1-32-20-23(19-31-32)25-15-27(36(39)40)28(41-2)16-26(25)34-11-5-22(6-12-34)21-3-9-33(10-4-21)24-17-30(18-24)7-13-35(14-8-30)29(37)38/h15-16,19-22,24H,3-14,17-18H2,1-2H3,(H,37,38). The van der Waals surface area contributed by atoms with Crippen molar-refractivity contribution < 1.29 is 19.6 Å². The Kier molecular flexibility index (Phi) is 7.56. The monoisotopic (exact) mass is 566 g/mol. The Morgan fingerprint density at radius 3 is 2.22 bits per heavy atom. The zero-order chi connectivity index (χ0) is 28.7. The topological polar surface area (TPSA) is 117 Å². The highest BCUT2D eigenvalue weighted by Gasteiger charge is 2.48. The number of ether oxygens (including phenoxy) is 1. The van der Waals surface area contributed by atoms with Gasteiger partial charge < -0.3 is 24.5 Å². The minimum atomic E-state index is -0.773. The number of hydrogen-bond acceptors (Lipinski definition) is 7. The van der Waals surface area contributed by atoms with Crippen LogP contribution in [-0.2, 0) is 7.05 Å². The van der Waals surface area contributed by atoms with Gasteiger partial charge in [-0.1, -0.05) is 0 Å². The van der Waals surface area contributed by atoms with E-state index in [-0.39, 0.29) is 16.4 Å². The molecule has 11 nitrogen and oxygen atoms in total. The largest absolute Gasteiger partial charge is 0.490 e. The minimum absolute atomic E-state index is 0.0279. The van der Waals surface area contributed by atoms with Gasteiger partial charge in [0.1, 0.15) is 0 Å². The summed E-state index contributed by atoms with van der Waals surface area (Å²) in [5, 5.41) is 25.3. The van der Waals surface area contributed by atoms with Crippen molar-refractivity contribution in [1.29, 1.82) is 0 Å². The minimum Gasteiger partial charge on any atom is -0.490 e. The van der Waals surface area contributed by atoms with Gasteiger partial charge >= 0.3 is 11.8 Å². The van der Waals surface area contributed by atoms with Gasteiger partial charge in [-0.05, 0) is 81.7 Å². The number of likely N-dealkylation sites (tertiary alicyclic amines) is 2. The van der Waals surface area contributed by atoms with E-state index in [0.717, 1.165) is 61.5 Å². The Balaban J connectivity index is 1.04. The van der Waals surface area contributed by atoms with Crippen LogP contribution in [0.4, 0.5) is 16.2 Å². The van der Waals surface area contributed by atoms with Gasteiger partial charge in [0.05, 0.1) is 18.2 Å². The summed E-state index contributed by atoms with van der Waals surface area (Å²) in [4.78, 5) is 29.3. The number of nitro groups is 1. The predicted octanol–water partition coefficient (Wildman–Crippen LogP) is 4.85. The summed E-state index contributed by atoms with van der Waals surface area (Å²) in [5.41, 5.74) is 3.02. The molecular formula is C30H42N6O5. The van der Waals surface area contributed by atoms with E-state index in [1.165, 1.54) is 45.9 Å². The zero-order valence-corrected chi connectivity index (χ0v) is 24.2. The number of hydrogen-bond donors (Lipinski definition) is 1. The number of anilines is 1. The Bertz CT molecular complexity index is 1260. The first-order valence-electron chi connectivity index (χ1n) is 15.1. The number of carbonyl (C=O) groups is 1. The van der Waals surface area contributed by atoms with Crippen molar-refractivity contribution in [3.05, 3.63) is 34.6 Å². The molecule has 2 aromatic rings. The number of aryl methyl sites for hydroxylation is 1. The van der Waals surface area contributed by atoms with Crippen LogP contribution in [-0.4, -0.2) is 88.1 Å². The average Bonchev–Trinajstić information content (AvgIpc) is 3.41. The fraction of sp³-hybridized carbons (Fsp3) is 0.667. The maximum Gasteiger partial charge on any atom is 0.407 e. The van der Waals surface area contributed by atoms with Gasteiger partial charge in [0, 0.05) is 74.4 Å². The Hall–Kier alpha value is -3.34. The van der Waals surface area contributed by atoms with Crippen molar-refractivity contribution in [1.82, 2.24) is 19.6 Å². The van der Waals surface area contributed by atoms with E-state index < -0.39 is 6.09 Å². The molecule has 1 amide bonds. The number of methoxy groups -OCH3 is 1. The number of aromatic nitrogens is 2. The summed E-state index contributed by atoms with van der Waals surface area (Å²) in [6, 6.07) is 4.14. The number of rotatable bonds is 6. The highest BCUT2D eigenvalue weighted by Crippen LogP contribution is 2.52. The first kappa shape index (κ1) is 27.8. The van der Waals surface area contributed by atoms with Crippen LogP contribution < -0.4 is 9.64 Å². The van der Waals surface area contributed by atoms with Crippen LogP contribution >= 0.6 is 0 Å². The van der Waals surface area contributed by atoms with Crippen LogP contribution in [0, 0.1) is 27.4 Å². The molecular weight excluding hydrogens is 524 g/mol. The summed E-state index contributed by atoms with van der Waals surface area (Å²) in [6.45, 7) is 5.60. The summed E-state index contributed by atoms with van der Waals surface area (Å²) in [7, 11) is 3.34. The number of nitro benzene ring substituents is 1. The molecule has 0 unspecified atom stereocenters. The van der Waals surface area contributed by atoms with Crippen molar-refractivity contribution in [3.8, 4) is 16.9 Å². The molecule has 1 aliphatic carbocycles. The lowest BCUT2D eigenvalue weighted by Crippen LogP contribution is -2.57. The lowest BCUT2D eigenvalue weighted by atomic mass is 9.59. The number of carboxylic acid groups (broad SMARTS) is 1. The van der Waals surface area contributed by atoms with Crippen molar-refractivity contribution in [2.75, 3.05) is 51.3 Å². The van der Waals surface area contributed by atoms with Crippen molar-refractivity contribution >= 4 is 17.5 Å². The van der Waals surface area contributed by atoms with Gasteiger partial charge in [-0.25, -0.2) is 4.79 Å². The molecule has 0 radical (unpaired) electrons. The molecule has 0 atom stereocenters. The van der Waals surface area contributed by atoms with E-state index in [1.54, 1.807) is 21.8 Å². The molecule has 4 aliphatic rings. The first-order chi connectivity index (χ1) is 19.7. The molecule has 0 bridgehead atoms. The van der Waals surface area contributed by atoms with Crippen molar-refractivity contribution in [2.24, 2.45) is 24.3 Å². The molecule has 11 heteroatoms. The summed E-state index contributed by atoms with van der Waals surface area (Å²) in [6.07, 6.45) is 12.2. The molecule has 4 heterocycles. The molecule has 41 heavy (non-hydrogen) atoms. The molecule has 1 N–H and O–H groups in total. The lowest BCUT2D eigenvalue weighted by molar-refractivity contribution is -0.385. The number of piperidine rings is 3. The molecule has 222 valence electrons. The fourth-order valence-corrected chi connectivity index (χ4v) is 8.06. The van der Waals surface area contributed by atoms with E-state index in [0.29, 0.717) is 30.5 Å². The smallest absolute Gasteiger partial charge is 0.407 e. The third-order valence-electron chi connectivity index (χ3n) is 10.6. The van der Waals surface area contributed by atoms with Crippen molar-refractivity contribution in [2.45, 2.75) is 57.4 Å². The van der Waals surface area contributed by atoms with Crippen LogP contribution in [0.15, 0.2) is 24.5 Å². The number of amides is 1. The quantitative estimate of drug-likeness (QED) is 0.389. The summed E-state index contributed by atoms with van der Waals surface area (Å²) in [5.74, 6) is 1.76. The third-order valence-corrected chi connectivity index (χ3v) is 10.6. The SMILES string of the molecule is COc1cc(N2CCC(C3CCN(C4CC5(CCN(C(=O)O)CC5)C4)CC3)CC2)c(-c2cnn(C)c2)cc1[N+](=O)[O-]. The molecule has 6 rings (SSSR count). The highest BCUT2D eigenvalue weighted by atomic mass is 16.6. The maximum atomic E-state index is 11.7. The van der Waals surface area contributed by atoms with E-state index in [1.807, 2.05) is 19.3 Å². The van der Waals surface area contributed by atoms with E-state index >= 15 is 0 Å². The van der Waals surface area contributed by atoms with Crippen LogP contribution in [0.2, 0.25) is 0 Å². The Morgan fingerprint density at radius 2 is 1.68 bits per heavy atom. The second-order valence-corrected chi connectivity index (χ2v) is 12.7. The molecule has 1 aromatic carbocycles. The molecule has 3 saturated heterocycles. The van der Waals surface area contributed by atoms with Gasteiger partial charge in [-0.3, -0.25) is 14.8 Å². The number of nitrogens with zero attached hydrogens (tertiary/aromatic N) is 6. The Morgan fingerprint density at radius 1 is 1.05 bits per heavy atom. The number of benzene rings is 1. The highest BCUT2D eigenvalue weighted by molar-refractivity contribution is 5.82. The van der Waals surface area contributed by atoms with Gasteiger partial charge in [0.25, 0.3) is 0 Å². The van der Waals surface area contributed by atoms with E-state index in [9.17, 15) is 20.0 Å². The average molecular weight is 567 g/mol. The van der Waals surface area contributed by atoms with Gasteiger partial charge in [0.2, 0.25) is 0 Å². The molecule has 1 saturated carbocycles. The van der Waals surface area contributed by atoms with Crippen LogP contribution in [0.5, 0.6) is 5.75 Å². The van der Waals surface area contributed by atoms with E-state index in [2.05, 4.69) is 14.9 Å². The zero-order valence-electron chi connectivity index (χ0n) is 24.2. The predicted molar refractivity (Wildman–Crippen MR) is 155 cm³/mol. The van der Waals surface area contributed by atoms with Crippen LogP contribution in [0.25, 0.3) is 11.1 Å². The molecule has 1 aromatic heterocycles. The Labute approximate surface area is 241 Å². The maximum absolute atomic E-state index is 11.7. The van der Waals surface area contributed by atoms with Gasteiger partial charge in [0.15, 0.2) is 5.75 Å². The summed E-state index contributed by atoms with van der Waals surface area (Å²) >= 11 is 0. The lowest BCUT2D eigenvalue weighted by Gasteiger charge is -2.56.